The van der Waals surface area contributed by atoms with Crippen LogP contribution in [-0.4, -0.2) is 19.0 Å². The van der Waals surface area contributed by atoms with Gasteiger partial charge in [0.05, 0.1) is 13.2 Å². The van der Waals surface area contributed by atoms with Crippen molar-refractivity contribution >= 4 is 0 Å². The van der Waals surface area contributed by atoms with E-state index >= 15 is 0 Å². The van der Waals surface area contributed by atoms with Gasteiger partial charge in [-0.25, -0.2) is 0 Å². The van der Waals surface area contributed by atoms with Gasteiger partial charge in [0.1, 0.15) is 0 Å². The van der Waals surface area contributed by atoms with Gasteiger partial charge in [-0.15, -0.1) is 0 Å². The molecule has 116 valence electrons. The minimum atomic E-state index is -0.182. The van der Waals surface area contributed by atoms with Gasteiger partial charge in [-0.3, -0.25) is 0 Å². The number of rotatable bonds is 0. The molecule has 5 rings (SSSR count). The quantitative estimate of drug-likeness (QED) is 0.619. The standard InChI is InChI=1S/C19H28O2/c1-17-7-3-2-4-14(17)5-6-15-12-16-13-18(15,17)8-9-19(16)20-10-11-21-19/h2,4,14-16H,3,5-13H2,1H3/t14-,15-,16+,17-,18-/m0/s1. The van der Waals surface area contributed by atoms with Crippen molar-refractivity contribution in [1.29, 1.82) is 0 Å². The van der Waals surface area contributed by atoms with Crippen molar-refractivity contribution < 1.29 is 9.47 Å². The molecule has 5 aliphatic rings. The first kappa shape index (κ1) is 13.1. The van der Waals surface area contributed by atoms with Crippen LogP contribution in [0.3, 0.4) is 0 Å². The molecule has 1 heterocycles. The van der Waals surface area contributed by atoms with Crippen molar-refractivity contribution in [2.75, 3.05) is 13.2 Å². The molecule has 4 aliphatic carbocycles. The maximum absolute atomic E-state index is 6.15. The summed E-state index contributed by atoms with van der Waals surface area (Å²) in [7, 11) is 0. The average molecular weight is 288 g/mol. The van der Waals surface area contributed by atoms with E-state index in [2.05, 4.69) is 19.1 Å². The van der Waals surface area contributed by atoms with Crippen molar-refractivity contribution in [2.24, 2.45) is 28.6 Å². The second-order valence-electron chi connectivity index (χ2n) is 8.57. The summed E-state index contributed by atoms with van der Waals surface area (Å²) in [5, 5.41) is 0. The van der Waals surface area contributed by atoms with Gasteiger partial charge in [0, 0.05) is 12.3 Å². The van der Waals surface area contributed by atoms with Crippen molar-refractivity contribution in [1.82, 2.24) is 0 Å². The summed E-state index contributed by atoms with van der Waals surface area (Å²) in [6, 6.07) is 0. The molecular formula is C19H28O2. The Balaban J connectivity index is 1.54. The molecule has 1 aliphatic heterocycles. The molecule has 4 fully saturated rings. The number of fused-ring (bicyclic) bond motifs is 3. The van der Waals surface area contributed by atoms with E-state index in [4.69, 9.17) is 9.47 Å². The molecule has 3 saturated carbocycles. The molecule has 2 nitrogen and oxygen atoms in total. The summed E-state index contributed by atoms with van der Waals surface area (Å²) < 4.78 is 12.3. The SMILES string of the molecule is C[C@]12CCC=C[C@H]1CC[C@H]1C[C@@H]3C[C@@]12CCC31OCCO1. The zero-order valence-corrected chi connectivity index (χ0v) is 13.3. The molecule has 0 radical (unpaired) electrons. The van der Waals surface area contributed by atoms with Gasteiger partial charge >= 0.3 is 0 Å². The molecule has 21 heavy (non-hydrogen) atoms. The highest BCUT2D eigenvalue weighted by molar-refractivity contribution is 5.19. The number of hydrogen-bond acceptors (Lipinski definition) is 2. The molecular weight excluding hydrogens is 260 g/mol. The Morgan fingerprint density at radius 3 is 2.71 bits per heavy atom. The van der Waals surface area contributed by atoms with Crippen molar-refractivity contribution in [3.05, 3.63) is 12.2 Å². The Hall–Kier alpha value is -0.340. The van der Waals surface area contributed by atoms with Crippen LogP contribution in [0.1, 0.15) is 58.3 Å². The largest absolute Gasteiger partial charge is 0.347 e. The van der Waals surface area contributed by atoms with Crippen LogP contribution < -0.4 is 0 Å². The van der Waals surface area contributed by atoms with E-state index in [0.29, 0.717) is 16.7 Å². The minimum Gasteiger partial charge on any atom is -0.347 e. The highest BCUT2D eigenvalue weighted by Gasteiger charge is 2.68. The van der Waals surface area contributed by atoms with Gasteiger partial charge < -0.3 is 9.47 Å². The van der Waals surface area contributed by atoms with Crippen molar-refractivity contribution in [3.63, 3.8) is 0 Å². The molecule has 0 unspecified atom stereocenters. The second kappa shape index (κ2) is 4.14. The highest BCUT2D eigenvalue weighted by Crippen LogP contribution is 2.73. The summed E-state index contributed by atoms with van der Waals surface area (Å²) in [5.74, 6) is 2.25. The molecule has 2 bridgehead atoms. The number of hydrogen-bond donors (Lipinski definition) is 0. The van der Waals surface area contributed by atoms with Crippen LogP contribution in [-0.2, 0) is 9.47 Å². The average Bonchev–Trinajstić information content (AvgIpc) is 3.07. The van der Waals surface area contributed by atoms with Crippen molar-refractivity contribution in [2.45, 2.75) is 64.1 Å². The van der Waals surface area contributed by atoms with Gasteiger partial charge in [0.2, 0.25) is 0 Å². The van der Waals surface area contributed by atoms with E-state index in [0.717, 1.165) is 31.5 Å². The highest BCUT2D eigenvalue weighted by atomic mass is 16.7. The van der Waals surface area contributed by atoms with Crippen LogP contribution >= 0.6 is 0 Å². The predicted octanol–water partition coefficient (Wildman–Crippen LogP) is 4.30. The third-order valence-corrected chi connectivity index (χ3v) is 8.26. The third kappa shape index (κ3) is 1.47. The second-order valence-corrected chi connectivity index (χ2v) is 8.57. The molecule has 2 heteroatoms. The van der Waals surface area contributed by atoms with Gasteiger partial charge in [0.15, 0.2) is 5.79 Å². The Morgan fingerprint density at radius 2 is 1.86 bits per heavy atom. The molecule has 0 aromatic heterocycles. The lowest BCUT2D eigenvalue weighted by molar-refractivity contribution is -0.226. The smallest absolute Gasteiger partial charge is 0.171 e. The topological polar surface area (TPSA) is 18.5 Å². The van der Waals surface area contributed by atoms with Crippen LogP contribution in [0.4, 0.5) is 0 Å². The maximum Gasteiger partial charge on any atom is 0.171 e. The van der Waals surface area contributed by atoms with Crippen LogP contribution in [0.15, 0.2) is 12.2 Å². The van der Waals surface area contributed by atoms with Gasteiger partial charge in [-0.2, -0.15) is 0 Å². The Labute approximate surface area is 128 Å². The summed E-state index contributed by atoms with van der Waals surface area (Å²) in [6.07, 6.45) is 15.8. The van der Waals surface area contributed by atoms with E-state index in [-0.39, 0.29) is 5.79 Å². The Kier molecular flexibility index (Phi) is 2.59. The van der Waals surface area contributed by atoms with E-state index in [1.54, 1.807) is 0 Å². The first-order chi connectivity index (χ1) is 10.2. The number of allylic oxidation sites excluding steroid dienone is 2. The van der Waals surface area contributed by atoms with Crippen molar-refractivity contribution in [3.8, 4) is 0 Å². The lowest BCUT2D eigenvalue weighted by Gasteiger charge is -2.60. The molecule has 0 aromatic carbocycles. The maximum atomic E-state index is 6.15. The summed E-state index contributed by atoms with van der Waals surface area (Å²) in [4.78, 5) is 0. The van der Waals surface area contributed by atoms with Crippen LogP contribution in [0.2, 0.25) is 0 Å². The Morgan fingerprint density at radius 1 is 1.00 bits per heavy atom. The van der Waals surface area contributed by atoms with Gasteiger partial charge in [0.25, 0.3) is 0 Å². The van der Waals surface area contributed by atoms with Gasteiger partial charge in [-0.1, -0.05) is 19.1 Å². The van der Waals surface area contributed by atoms with E-state index in [9.17, 15) is 0 Å². The van der Waals surface area contributed by atoms with Crippen LogP contribution in [0, 0.1) is 28.6 Å². The third-order valence-electron chi connectivity index (χ3n) is 8.26. The molecule has 5 atom stereocenters. The lowest BCUT2D eigenvalue weighted by atomic mass is 9.45. The Bertz CT molecular complexity index is 478. The van der Waals surface area contributed by atoms with E-state index in [1.807, 2.05) is 0 Å². The first-order valence-electron chi connectivity index (χ1n) is 9.13. The molecule has 1 saturated heterocycles. The van der Waals surface area contributed by atoms with E-state index < -0.39 is 0 Å². The minimum absolute atomic E-state index is 0.182. The number of ether oxygens (including phenoxy) is 2. The molecule has 0 N–H and O–H groups in total. The fraction of sp³-hybridized carbons (Fsp3) is 0.895. The lowest BCUT2D eigenvalue weighted by Crippen LogP contribution is -2.54. The monoisotopic (exact) mass is 288 g/mol. The zero-order chi connectivity index (χ0) is 14.1. The fourth-order valence-corrected chi connectivity index (χ4v) is 7.19. The van der Waals surface area contributed by atoms with Gasteiger partial charge in [-0.05, 0) is 67.6 Å². The normalized spacial score (nSPS) is 53.7. The summed E-state index contributed by atoms with van der Waals surface area (Å²) >= 11 is 0. The zero-order valence-electron chi connectivity index (χ0n) is 13.3. The molecule has 2 spiro atoms. The fourth-order valence-electron chi connectivity index (χ4n) is 7.19. The van der Waals surface area contributed by atoms with Crippen LogP contribution in [0.25, 0.3) is 0 Å². The van der Waals surface area contributed by atoms with Crippen LogP contribution in [0.5, 0.6) is 0 Å². The molecule has 0 amide bonds. The molecule has 0 aromatic rings. The first-order valence-corrected chi connectivity index (χ1v) is 9.13. The summed E-state index contributed by atoms with van der Waals surface area (Å²) in [6.45, 7) is 4.26. The summed E-state index contributed by atoms with van der Waals surface area (Å²) in [5.41, 5.74) is 1.13. The predicted molar refractivity (Wildman–Crippen MR) is 81.7 cm³/mol. The van der Waals surface area contributed by atoms with E-state index in [1.165, 1.54) is 44.9 Å².